The number of hydrogen-bond donors (Lipinski definition) is 0. The molecule has 0 amide bonds. The maximum atomic E-state index is 12.9. The van der Waals surface area contributed by atoms with Crippen molar-refractivity contribution in [2.24, 2.45) is 0 Å². The molecule has 1 unspecified atom stereocenters. The molecule has 1 aliphatic heterocycles. The molecule has 1 aliphatic rings. The Balaban J connectivity index is 0.000000414. The Labute approximate surface area is 193 Å². The first kappa shape index (κ1) is 27.7. The van der Waals surface area contributed by atoms with E-state index < -0.39 is 35.4 Å². The first-order chi connectivity index (χ1) is 14.9. The lowest BCUT2D eigenvalue weighted by molar-refractivity contribution is -0.137. The van der Waals surface area contributed by atoms with Gasteiger partial charge in [-0.05, 0) is 28.6 Å². The number of alkyl halides is 6. The summed E-state index contributed by atoms with van der Waals surface area (Å²) >= 11 is 0. The predicted octanol–water partition coefficient (Wildman–Crippen LogP) is 5.90. The van der Waals surface area contributed by atoms with Crippen molar-refractivity contribution in [1.29, 1.82) is 0 Å². The van der Waals surface area contributed by atoms with Gasteiger partial charge < -0.3 is 4.55 Å². The quantitative estimate of drug-likeness (QED) is 0.163. The van der Waals surface area contributed by atoms with Crippen LogP contribution in [0.5, 0.6) is 0 Å². The maximum absolute atomic E-state index is 12.9. The van der Waals surface area contributed by atoms with E-state index in [1.165, 1.54) is 28.6 Å². The van der Waals surface area contributed by atoms with Crippen LogP contribution in [0, 0.1) is 0 Å². The molecule has 0 radical (unpaired) electrons. The second-order valence-electron chi connectivity index (χ2n) is 8.80. The number of benzene rings is 2. The zero-order valence-electron chi connectivity index (χ0n) is 18.1. The normalized spacial score (nSPS) is 19.3. The van der Waals surface area contributed by atoms with Gasteiger partial charge in [0, 0.05) is 17.5 Å². The summed E-state index contributed by atoms with van der Waals surface area (Å²) in [4.78, 5) is 0. The average molecular weight is 531 g/mol. The lowest BCUT2D eigenvalue weighted by Gasteiger charge is -2.30. The molecule has 184 valence electrons. The number of rotatable bonds is 3. The summed E-state index contributed by atoms with van der Waals surface area (Å²) in [5.74, 6) is 1.15. The molecular weight excluding hydrogens is 506 g/mol. The standard InChI is InChI=1S/C20H24F3SSi.CHF3O3S/c1-25(2,3)14-24-13-12-15-6-4-5-7-18(15)19(24)16-8-10-17(11-9-16)20(21,22)23;2-1(3,4)8(5,6)7/h4-11,19H,12-14H2,1-3H3;(H,5,6,7)/q+1;/p-1/t19-,24?;/m0./s1. The fourth-order valence-electron chi connectivity index (χ4n) is 3.49. The molecule has 3 nitrogen and oxygen atoms in total. The molecule has 0 saturated heterocycles. The van der Waals surface area contributed by atoms with Gasteiger partial charge in [0.2, 0.25) is 0 Å². The third-order valence-electron chi connectivity index (χ3n) is 4.75. The van der Waals surface area contributed by atoms with Crippen LogP contribution in [0.2, 0.25) is 19.6 Å². The monoisotopic (exact) mass is 530 g/mol. The molecule has 2 aromatic carbocycles. The summed E-state index contributed by atoms with van der Waals surface area (Å²) in [7, 11) is -7.15. The van der Waals surface area contributed by atoms with E-state index in [4.69, 9.17) is 13.0 Å². The van der Waals surface area contributed by atoms with Gasteiger partial charge in [-0.1, -0.05) is 56.0 Å². The van der Waals surface area contributed by atoms with Crippen molar-refractivity contribution in [2.75, 3.05) is 11.1 Å². The summed E-state index contributed by atoms with van der Waals surface area (Å²) in [5, 5.41) is 1.46. The van der Waals surface area contributed by atoms with E-state index in [1.54, 1.807) is 12.1 Å². The van der Waals surface area contributed by atoms with Gasteiger partial charge in [0.15, 0.2) is 15.4 Å². The fraction of sp³-hybridized carbons (Fsp3) is 0.429. The second-order valence-corrected chi connectivity index (χ2v) is 18.4. The first-order valence-electron chi connectivity index (χ1n) is 9.83. The highest BCUT2D eigenvalue weighted by molar-refractivity contribution is 7.98. The molecule has 0 saturated carbocycles. The third kappa shape index (κ3) is 7.76. The molecule has 0 spiro atoms. The van der Waals surface area contributed by atoms with Gasteiger partial charge in [-0.3, -0.25) is 0 Å². The predicted molar refractivity (Wildman–Crippen MR) is 120 cm³/mol. The Morgan fingerprint density at radius 2 is 1.48 bits per heavy atom. The summed E-state index contributed by atoms with van der Waals surface area (Å²) in [5.41, 5.74) is -2.51. The largest absolute Gasteiger partial charge is 0.741 e. The molecule has 1 heterocycles. The number of fused-ring (bicyclic) bond motifs is 1. The Morgan fingerprint density at radius 3 is 1.94 bits per heavy atom. The van der Waals surface area contributed by atoms with Crippen LogP contribution in [0.1, 0.15) is 27.5 Å². The molecule has 0 bridgehead atoms. The molecular formula is C21H24F6O3S2Si. The Kier molecular flexibility index (Phi) is 8.41. The molecule has 33 heavy (non-hydrogen) atoms. The van der Waals surface area contributed by atoms with Crippen molar-refractivity contribution in [3.63, 3.8) is 0 Å². The van der Waals surface area contributed by atoms with E-state index in [0.29, 0.717) is 0 Å². The van der Waals surface area contributed by atoms with Crippen LogP contribution >= 0.6 is 0 Å². The molecule has 2 atom stereocenters. The first-order valence-corrected chi connectivity index (χ1v) is 16.6. The Hall–Kier alpha value is -1.50. The average Bonchev–Trinajstić information content (AvgIpc) is 2.65. The van der Waals surface area contributed by atoms with Crippen molar-refractivity contribution in [1.82, 2.24) is 0 Å². The van der Waals surface area contributed by atoms with Crippen molar-refractivity contribution in [3.05, 3.63) is 70.8 Å². The minimum absolute atomic E-state index is 0.188. The number of aryl methyl sites for hydroxylation is 1. The molecule has 0 N–H and O–H groups in total. The molecule has 2 aromatic rings. The van der Waals surface area contributed by atoms with Crippen molar-refractivity contribution in [2.45, 2.75) is 43.0 Å². The van der Waals surface area contributed by atoms with Gasteiger partial charge in [-0.2, -0.15) is 26.3 Å². The van der Waals surface area contributed by atoms with Gasteiger partial charge in [0.1, 0.15) is 13.8 Å². The van der Waals surface area contributed by atoms with Crippen LogP contribution < -0.4 is 0 Å². The maximum Gasteiger partial charge on any atom is 0.485 e. The van der Waals surface area contributed by atoms with E-state index in [2.05, 4.69) is 43.9 Å². The molecule has 3 rings (SSSR count). The lowest BCUT2D eigenvalue weighted by atomic mass is 9.96. The van der Waals surface area contributed by atoms with E-state index in [0.717, 1.165) is 17.7 Å². The topological polar surface area (TPSA) is 57.2 Å². The molecule has 12 heteroatoms. The number of hydrogen-bond acceptors (Lipinski definition) is 3. The molecule has 0 aromatic heterocycles. The summed E-state index contributed by atoms with van der Waals surface area (Å²) in [6.45, 7) is 7.14. The van der Waals surface area contributed by atoms with Crippen LogP contribution in [0.3, 0.4) is 0 Å². The van der Waals surface area contributed by atoms with Gasteiger partial charge >= 0.3 is 11.7 Å². The van der Waals surface area contributed by atoms with Crippen molar-refractivity contribution < 1.29 is 39.3 Å². The number of halogens is 6. The van der Waals surface area contributed by atoms with Crippen LogP contribution in [0.4, 0.5) is 26.3 Å². The Bertz CT molecular complexity index is 1050. The SMILES string of the molecule is C[Si](C)(C)C[S+]1CCc2ccccc2[C@@H]1c1ccc(C(F)(F)F)cc1.O=S(=O)([O-])C(F)(F)F. The zero-order chi connectivity index (χ0) is 25.2. The van der Waals surface area contributed by atoms with E-state index in [9.17, 15) is 26.3 Å². The highest BCUT2D eigenvalue weighted by Crippen LogP contribution is 2.40. The smallest absolute Gasteiger partial charge is 0.485 e. The summed E-state index contributed by atoms with van der Waals surface area (Å²) in [6.07, 6.45) is -3.19. The molecule has 0 aliphatic carbocycles. The van der Waals surface area contributed by atoms with Crippen molar-refractivity contribution >= 4 is 29.1 Å². The lowest BCUT2D eigenvalue weighted by Crippen LogP contribution is -2.39. The Morgan fingerprint density at radius 1 is 0.970 bits per heavy atom. The van der Waals surface area contributed by atoms with E-state index >= 15 is 0 Å². The van der Waals surface area contributed by atoms with E-state index in [1.807, 2.05) is 0 Å². The van der Waals surface area contributed by atoms with Crippen LogP contribution in [-0.4, -0.2) is 37.7 Å². The minimum atomic E-state index is -6.09. The van der Waals surface area contributed by atoms with Gasteiger partial charge in [0.05, 0.1) is 10.9 Å². The van der Waals surface area contributed by atoms with Gasteiger partial charge in [-0.15, -0.1) is 0 Å². The van der Waals surface area contributed by atoms with Crippen LogP contribution in [0.15, 0.2) is 48.5 Å². The third-order valence-corrected chi connectivity index (χ3v) is 12.2. The van der Waals surface area contributed by atoms with Gasteiger partial charge in [-0.25, -0.2) is 8.42 Å². The second kappa shape index (κ2) is 10.0. The highest BCUT2D eigenvalue weighted by Gasteiger charge is 2.42. The summed E-state index contributed by atoms with van der Waals surface area (Å²) in [6, 6.07) is 14.3. The minimum Gasteiger partial charge on any atom is -0.741 e. The fourth-order valence-corrected chi connectivity index (χ4v) is 11.0. The zero-order valence-corrected chi connectivity index (χ0v) is 20.8. The highest BCUT2D eigenvalue weighted by atomic mass is 32.2. The van der Waals surface area contributed by atoms with Crippen molar-refractivity contribution in [3.8, 4) is 0 Å². The summed E-state index contributed by atoms with van der Waals surface area (Å²) < 4.78 is 97.6. The molecule has 0 fully saturated rings. The van der Waals surface area contributed by atoms with Crippen LogP contribution in [0.25, 0.3) is 0 Å². The van der Waals surface area contributed by atoms with Crippen LogP contribution in [-0.2, 0) is 33.6 Å². The van der Waals surface area contributed by atoms with E-state index in [-0.39, 0.29) is 16.1 Å². The van der Waals surface area contributed by atoms with Gasteiger partial charge in [0.25, 0.3) is 0 Å².